The van der Waals surface area contributed by atoms with Gasteiger partial charge in [-0.05, 0) is 49.0 Å². The molecular formula is C21H19N3S. The molecule has 3 aromatic rings. The first kappa shape index (κ1) is 16.9. The molecule has 3 aromatic carbocycles. The summed E-state index contributed by atoms with van der Waals surface area (Å²) in [6.45, 7) is 2.06. The molecule has 25 heavy (non-hydrogen) atoms. The Hall–Kier alpha value is -2.98. The third-order valence-corrected chi connectivity index (χ3v) is 3.89. The number of anilines is 2. The summed E-state index contributed by atoms with van der Waals surface area (Å²) in [5.74, 6) is 0. The quantitative estimate of drug-likeness (QED) is 0.398. The highest BCUT2D eigenvalue weighted by Gasteiger charge is 2.11. The molecule has 0 spiro atoms. The van der Waals surface area contributed by atoms with Gasteiger partial charge in [0.15, 0.2) is 5.11 Å². The lowest BCUT2D eigenvalue weighted by molar-refractivity contribution is 1.14. The molecular weight excluding hydrogens is 326 g/mol. The largest absolute Gasteiger partial charge is 0.331 e. The van der Waals surface area contributed by atoms with E-state index in [1.54, 1.807) is 11.2 Å². The van der Waals surface area contributed by atoms with Crippen LogP contribution in [0, 0.1) is 6.92 Å². The molecule has 0 aromatic heterocycles. The first-order valence-corrected chi connectivity index (χ1v) is 8.45. The Balaban J connectivity index is 1.87. The Morgan fingerprint density at radius 2 is 1.48 bits per heavy atom. The molecule has 0 aliphatic rings. The van der Waals surface area contributed by atoms with Crippen molar-refractivity contribution in [2.24, 2.45) is 5.10 Å². The van der Waals surface area contributed by atoms with Gasteiger partial charge in [0.25, 0.3) is 0 Å². The number of rotatable bonds is 4. The standard InChI is InChI=1S/C21H19N3S/c1-17-12-14-20(15-13-17)24(22-16-18-8-4-2-5-9-18)21(25)23-19-10-6-3-7-11-19/h2-16H,1H3,(H,23,25)/b22-16+. The molecule has 0 amide bonds. The van der Waals surface area contributed by atoms with Gasteiger partial charge in [-0.15, -0.1) is 0 Å². The van der Waals surface area contributed by atoms with E-state index in [4.69, 9.17) is 12.2 Å². The summed E-state index contributed by atoms with van der Waals surface area (Å²) in [5, 5.41) is 10.1. The number of benzene rings is 3. The van der Waals surface area contributed by atoms with Gasteiger partial charge >= 0.3 is 0 Å². The normalized spacial score (nSPS) is 10.6. The maximum Gasteiger partial charge on any atom is 0.198 e. The Bertz CT molecular complexity index is 843. The van der Waals surface area contributed by atoms with E-state index in [9.17, 15) is 0 Å². The second kappa shape index (κ2) is 8.22. The van der Waals surface area contributed by atoms with Crippen molar-refractivity contribution >= 4 is 34.9 Å². The summed E-state index contributed by atoms with van der Waals surface area (Å²) >= 11 is 5.59. The van der Waals surface area contributed by atoms with Gasteiger partial charge in [-0.2, -0.15) is 5.10 Å². The second-order valence-corrected chi connectivity index (χ2v) is 5.99. The molecule has 0 heterocycles. The van der Waals surface area contributed by atoms with Crippen LogP contribution in [0.4, 0.5) is 11.4 Å². The average Bonchev–Trinajstić information content (AvgIpc) is 2.65. The van der Waals surface area contributed by atoms with Crippen molar-refractivity contribution in [1.29, 1.82) is 0 Å². The molecule has 0 atom stereocenters. The number of nitrogens with zero attached hydrogens (tertiary/aromatic N) is 2. The van der Waals surface area contributed by atoms with Crippen molar-refractivity contribution in [3.63, 3.8) is 0 Å². The summed E-state index contributed by atoms with van der Waals surface area (Å²) in [6.07, 6.45) is 1.80. The van der Waals surface area contributed by atoms with E-state index in [1.165, 1.54) is 5.56 Å². The van der Waals surface area contributed by atoms with Crippen molar-refractivity contribution in [1.82, 2.24) is 0 Å². The molecule has 0 fully saturated rings. The molecule has 0 saturated heterocycles. The van der Waals surface area contributed by atoms with E-state index < -0.39 is 0 Å². The third-order valence-electron chi connectivity index (χ3n) is 3.62. The summed E-state index contributed by atoms with van der Waals surface area (Å²) in [7, 11) is 0. The van der Waals surface area contributed by atoms with Gasteiger partial charge in [-0.3, -0.25) is 0 Å². The summed E-state index contributed by atoms with van der Waals surface area (Å²) in [6, 6.07) is 27.9. The fraction of sp³-hybridized carbons (Fsp3) is 0.0476. The highest BCUT2D eigenvalue weighted by molar-refractivity contribution is 7.80. The first-order chi connectivity index (χ1) is 12.2. The molecule has 124 valence electrons. The van der Waals surface area contributed by atoms with Gasteiger partial charge in [0.05, 0.1) is 11.9 Å². The summed E-state index contributed by atoms with van der Waals surface area (Å²) in [5.41, 5.74) is 4.05. The van der Waals surface area contributed by atoms with Crippen molar-refractivity contribution in [2.75, 3.05) is 10.3 Å². The van der Waals surface area contributed by atoms with E-state index >= 15 is 0 Å². The lowest BCUT2D eigenvalue weighted by Gasteiger charge is -2.21. The topological polar surface area (TPSA) is 27.6 Å². The van der Waals surface area contributed by atoms with Crippen LogP contribution in [-0.2, 0) is 0 Å². The predicted molar refractivity (Wildman–Crippen MR) is 110 cm³/mol. The Labute approximate surface area is 153 Å². The zero-order chi connectivity index (χ0) is 17.5. The van der Waals surface area contributed by atoms with Crippen LogP contribution in [0.25, 0.3) is 0 Å². The van der Waals surface area contributed by atoms with E-state index in [-0.39, 0.29) is 0 Å². The Kier molecular flexibility index (Phi) is 5.54. The molecule has 1 N–H and O–H groups in total. The predicted octanol–water partition coefficient (Wildman–Crippen LogP) is 5.23. The maximum absolute atomic E-state index is 5.59. The van der Waals surface area contributed by atoms with Crippen LogP contribution in [0.2, 0.25) is 0 Å². The van der Waals surface area contributed by atoms with Crippen LogP contribution < -0.4 is 10.3 Å². The molecule has 0 bridgehead atoms. The summed E-state index contributed by atoms with van der Waals surface area (Å²) < 4.78 is 0. The fourth-order valence-corrected chi connectivity index (χ4v) is 2.55. The van der Waals surface area contributed by atoms with Gasteiger partial charge in [0.1, 0.15) is 0 Å². The molecule has 3 rings (SSSR count). The second-order valence-electron chi connectivity index (χ2n) is 5.60. The number of hydrogen-bond acceptors (Lipinski definition) is 2. The maximum atomic E-state index is 5.59. The Morgan fingerprint density at radius 1 is 0.880 bits per heavy atom. The SMILES string of the molecule is Cc1ccc(N(/N=C/c2ccccc2)C(=S)Nc2ccccc2)cc1. The number of nitrogens with one attached hydrogen (secondary N) is 1. The molecule has 0 aliphatic carbocycles. The lowest BCUT2D eigenvalue weighted by atomic mass is 10.2. The zero-order valence-corrected chi connectivity index (χ0v) is 14.8. The number of hydrogen-bond donors (Lipinski definition) is 1. The Morgan fingerprint density at radius 3 is 2.12 bits per heavy atom. The van der Waals surface area contributed by atoms with Gasteiger partial charge in [0.2, 0.25) is 0 Å². The highest BCUT2D eigenvalue weighted by Crippen LogP contribution is 2.18. The van der Waals surface area contributed by atoms with Crippen molar-refractivity contribution in [3.8, 4) is 0 Å². The molecule has 0 aliphatic heterocycles. The van der Waals surface area contributed by atoms with Crippen LogP contribution in [0.5, 0.6) is 0 Å². The van der Waals surface area contributed by atoms with Crippen LogP contribution in [-0.4, -0.2) is 11.3 Å². The monoisotopic (exact) mass is 345 g/mol. The fourth-order valence-electron chi connectivity index (χ4n) is 2.28. The van der Waals surface area contributed by atoms with Gasteiger partial charge in [-0.1, -0.05) is 66.2 Å². The van der Waals surface area contributed by atoms with E-state index in [0.29, 0.717) is 5.11 Å². The van der Waals surface area contributed by atoms with E-state index in [2.05, 4.69) is 17.3 Å². The lowest BCUT2D eigenvalue weighted by Crippen LogP contribution is -2.30. The minimum absolute atomic E-state index is 0.516. The summed E-state index contributed by atoms with van der Waals surface area (Å²) in [4.78, 5) is 0. The third kappa shape index (κ3) is 4.75. The van der Waals surface area contributed by atoms with Gasteiger partial charge < -0.3 is 5.32 Å². The van der Waals surface area contributed by atoms with Crippen molar-refractivity contribution in [2.45, 2.75) is 6.92 Å². The number of para-hydroxylation sites is 1. The highest BCUT2D eigenvalue weighted by atomic mass is 32.1. The minimum atomic E-state index is 0.516. The van der Waals surface area contributed by atoms with E-state index in [1.807, 2.05) is 84.9 Å². The van der Waals surface area contributed by atoms with Crippen LogP contribution in [0.15, 0.2) is 90.0 Å². The van der Waals surface area contributed by atoms with Crippen LogP contribution >= 0.6 is 12.2 Å². The molecule has 0 unspecified atom stereocenters. The number of thiocarbonyl (C=S) groups is 1. The van der Waals surface area contributed by atoms with Crippen molar-refractivity contribution < 1.29 is 0 Å². The van der Waals surface area contributed by atoms with Gasteiger partial charge in [0, 0.05) is 5.69 Å². The van der Waals surface area contributed by atoms with Gasteiger partial charge in [-0.25, -0.2) is 5.01 Å². The minimum Gasteiger partial charge on any atom is -0.331 e. The smallest absolute Gasteiger partial charge is 0.198 e. The van der Waals surface area contributed by atoms with Crippen LogP contribution in [0.1, 0.15) is 11.1 Å². The zero-order valence-electron chi connectivity index (χ0n) is 14.0. The molecule has 0 radical (unpaired) electrons. The molecule has 4 heteroatoms. The van der Waals surface area contributed by atoms with Crippen LogP contribution in [0.3, 0.4) is 0 Å². The molecule has 0 saturated carbocycles. The number of hydrazone groups is 1. The van der Waals surface area contributed by atoms with E-state index in [0.717, 1.165) is 16.9 Å². The molecule has 3 nitrogen and oxygen atoms in total. The number of aryl methyl sites for hydroxylation is 1. The van der Waals surface area contributed by atoms with Crippen molar-refractivity contribution in [3.05, 3.63) is 96.1 Å². The average molecular weight is 345 g/mol. The first-order valence-electron chi connectivity index (χ1n) is 8.04.